The molecule has 7 nitrogen and oxygen atoms in total. The number of hydrogen-bond acceptors (Lipinski definition) is 4. The van der Waals surface area contributed by atoms with Gasteiger partial charge in [-0.25, -0.2) is 0 Å². The van der Waals surface area contributed by atoms with Gasteiger partial charge < -0.3 is 15.3 Å². The second-order valence-electron chi connectivity index (χ2n) is 6.61. The molecule has 2 heterocycles. The maximum Gasteiger partial charge on any atom is 0.314 e. The molecule has 26 heavy (non-hydrogen) atoms. The van der Waals surface area contributed by atoms with E-state index in [9.17, 15) is 14.4 Å². The third kappa shape index (κ3) is 3.88. The normalized spacial score (nSPS) is 12.3. The predicted molar refractivity (Wildman–Crippen MR) is 99.1 cm³/mol. The summed E-state index contributed by atoms with van der Waals surface area (Å²) in [5.41, 5.74) is 0.749. The van der Waals surface area contributed by atoms with Crippen molar-refractivity contribution in [2.24, 2.45) is 5.92 Å². The van der Waals surface area contributed by atoms with Crippen LogP contribution in [0, 0.1) is 5.92 Å². The SMILES string of the molecule is CC(C)C[C@@H](NC(=O)c1ccc2[nH]c(=O)c(=O)[nH]c2c1)c1cccnc1. The Kier molecular flexibility index (Phi) is 4.97. The van der Waals surface area contributed by atoms with Crippen LogP contribution in [0.3, 0.4) is 0 Å². The Bertz CT molecular complexity index is 1040. The first-order valence-corrected chi connectivity index (χ1v) is 8.41. The van der Waals surface area contributed by atoms with Gasteiger partial charge >= 0.3 is 11.1 Å². The van der Waals surface area contributed by atoms with E-state index < -0.39 is 11.1 Å². The second-order valence-corrected chi connectivity index (χ2v) is 6.61. The standard InChI is InChI=1S/C19H20N4O3/c1-11(2)8-15(13-4-3-7-20-10-13)22-17(24)12-5-6-14-16(9-12)23-19(26)18(25)21-14/h3-7,9-11,15H,8H2,1-2H3,(H,21,25)(H,22,24)(H,23,26)/t15-/m1/s1. The van der Waals surface area contributed by atoms with Gasteiger partial charge in [-0.3, -0.25) is 19.4 Å². The van der Waals surface area contributed by atoms with Crippen molar-refractivity contribution in [3.05, 3.63) is 74.6 Å². The Morgan fingerprint density at radius 2 is 1.85 bits per heavy atom. The number of carbonyl (C=O) groups excluding carboxylic acids is 1. The zero-order valence-corrected chi connectivity index (χ0v) is 14.6. The zero-order chi connectivity index (χ0) is 18.7. The number of fused-ring (bicyclic) bond motifs is 1. The van der Waals surface area contributed by atoms with E-state index >= 15 is 0 Å². The molecule has 0 unspecified atom stereocenters. The van der Waals surface area contributed by atoms with Crippen LogP contribution in [0.25, 0.3) is 11.0 Å². The van der Waals surface area contributed by atoms with Crippen molar-refractivity contribution in [1.82, 2.24) is 20.3 Å². The van der Waals surface area contributed by atoms with Crippen molar-refractivity contribution in [3.8, 4) is 0 Å². The quantitative estimate of drug-likeness (QED) is 0.611. The van der Waals surface area contributed by atoms with Gasteiger partial charge in [0.15, 0.2) is 0 Å². The molecule has 0 spiro atoms. The molecule has 3 rings (SSSR count). The van der Waals surface area contributed by atoms with Gasteiger partial charge in [0.2, 0.25) is 0 Å². The Morgan fingerprint density at radius 3 is 2.50 bits per heavy atom. The van der Waals surface area contributed by atoms with E-state index in [1.807, 2.05) is 12.1 Å². The van der Waals surface area contributed by atoms with Crippen molar-refractivity contribution < 1.29 is 4.79 Å². The molecule has 0 aliphatic rings. The van der Waals surface area contributed by atoms with Crippen molar-refractivity contribution in [2.75, 3.05) is 0 Å². The molecule has 1 atom stereocenters. The number of rotatable bonds is 5. The van der Waals surface area contributed by atoms with Crippen LogP contribution in [0.5, 0.6) is 0 Å². The molecule has 0 saturated heterocycles. The van der Waals surface area contributed by atoms with E-state index in [4.69, 9.17) is 0 Å². The molecule has 0 fully saturated rings. The first-order chi connectivity index (χ1) is 12.4. The van der Waals surface area contributed by atoms with E-state index in [1.165, 1.54) is 0 Å². The summed E-state index contributed by atoms with van der Waals surface area (Å²) in [7, 11) is 0. The van der Waals surface area contributed by atoms with Crippen molar-refractivity contribution in [3.63, 3.8) is 0 Å². The summed E-state index contributed by atoms with van der Waals surface area (Å²) in [5.74, 6) is 0.131. The summed E-state index contributed by atoms with van der Waals surface area (Å²) in [6, 6.07) is 8.37. The minimum absolute atomic E-state index is 0.165. The Balaban J connectivity index is 1.89. The molecular weight excluding hydrogens is 332 g/mol. The third-order valence-electron chi connectivity index (χ3n) is 4.08. The van der Waals surface area contributed by atoms with Crippen LogP contribution in [0.2, 0.25) is 0 Å². The number of benzene rings is 1. The Morgan fingerprint density at radius 1 is 1.12 bits per heavy atom. The van der Waals surface area contributed by atoms with Crippen molar-refractivity contribution in [1.29, 1.82) is 0 Å². The van der Waals surface area contributed by atoms with Crippen molar-refractivity contribution in [2.45, 2.75) is 26.3 Å². The average molecular weight is 352 g/mol. The van der Waals surface area contributed by atoms with Crippen LogP contribution in [-0.4, -0.2) is 20.9 Å². The first kappa shape index (κ1) is 17.6. The van der Waals surface area contributed by atoms with Gasteiger partial charge in [-0.1, -0.05) is 19.9 Å². The fraction of sp³-hybridized carbons (Fsp3) is 0.263. The molecule has 0 saturated carbocycles. The van der Waals surface area contributed by atoms with Crippen LogP contribution >= 0.6 is 0 Å². The predicted octanol–water partition coefficient (Wildman–Crippen LogP) is 2.13. The van der Waals surface area contributed by atoms with Crippen molar-refractivity contribution >= 4 is 16.9 Å². The van der Waals surface area contributed by atoms with Gasteiger partial charge in [0, 0.05) is 18.0 Å². The molecule has 0 aliphatic heterocycles. The minimum atomic E-state index is -0.747. The second kappa shape index (κ2) is 7.35. The average Bonchev–Trinajstić information content (AvgIpc) is 2.62. The zero-order valence-electron chi connectivity index (χ0n) is 14.6. The molecule has 3 aromatic rings. The number of hydrogen-bond donors (Lipinski definition) is 3. The van der Waals surface area contributed by atoms with E-state index in [1.54, 1.807) is 30.6 Å². The summed E-state index contributed by atoms with van der Waals surface area (Å²) in [4.78, 5) is 44.7. The van der Waals surface area contributed by atoms with Gasteiger partial charge in [-0.15, -0.1) is 0 Å². The Labute approximate surface area is 149 Å². The van der Waals surface area contributed by atoms with E-state index in [0.29, 0.717) is 22.5 Å². The number of amides is 1. The number of H-pyrrole nitrogens is 2. The highest BCUT2D eigenvalue weighted by molar-refractivity contribution is 5.97. The van der Waals surface area contributed by atoms with Crippen LogP contribution in [-0.2, 0) is 0 Å². The molecule has 2 aromatic heterocycles. The molecule has 0 radical (unpaired) electrons. The first-order valence-electron chi connectivity index (χ1n) is 8.41. The highest BCUT2D eigenvalue weighted by Gasteiger charge is 2.18. The van der Waals surface area contributed by atoms with Gasteiger partial charge in [0.1, 0.15) is 0 Å². The summed E-state index contributed by atoms with van der Waals surface area (Å²) < 4.78 is 0. The maximum atomic E-state index is 12.7. The fourth-order valence-corrected chi connectivity index (χ4v) is 2.83. The topological polar surface area (TPSA) is 108 Å². The van der Waals surface area contributed by atoms with Crippen LogP contribution < -0.4 is 16.4 Å². The largest absolute Gasteiger partial charge is 0.345 e. The third-order valence-corrected chi connectivity index (χ3v) is 4.08. The highest BCUT2D eigenvalue weighted by Crippen LogP contribution is 2.21. The maximum absolute atomic E-state index is 12.7. The van der Waals surface area contributed by atoms with Gasteiger partial charge in [0.25, 0.3) is 5.91 Å². The lowest BCUT2D eigenvalue weighted by molar-refractivity contribution is 0.0932. The Hall–Kier alpha value is -3.22. The number of aromatic amines is 2. The summed E-state index contributed by atoms with van der Waals surface area (Å²) in [5, 5.41) is 3.03. The number of nitrogens with one attached hydrogen (secondary N) is 3. The van der Waals surface area contributed by atoms with Gasteiger partial charge in [-0.05, 0) is 42.2 Å². The molecule has 0 aliphatic carbocycles. The number of carbonyl (C=O) groups is 1. The summed E-state index contributed by atoms with van der Waals surface area (Å²) in [6.07, 6.45) is 4.21. The molecule has 0 bridgehead atoms. The molecule has 3 N–H and O–H groups in total. The molecule has 1 amide bonds. The minimum Gasteiger partial charge on any atom is -0.345 e. The van der Waals surface area contributed by atoms with E-state index in [2.05, 4.69) is 34.1 Å². The lowest BCUT2D eigenvalue weighted by atomic mass is 9.98. The highest BCUT2D eigenvalue weighted by atomic mass is 16.2. The van der Waals surface area contributed by atoms with E-state index in [-0.39, 0.29) is 11.9 Å². The number of pyridine rings is 1. The number of aromatic nitrogens is 3. The lowest BCUT2D eigenvalue weighted by Gasteiger charge is -2.21. The monoisotopic (exact) mass is 352 g/mol. The van der Waals surface area contributed by atoms with Gasteiger partial charge in [-0.2, -0.15) is 0 Å². The lowest BCUT2D eigenvalue weighted by Crippen LogP contribution is -2.30. The van der Waals surface area contributed by atoms with E-state index in [0.717, 1.165) is 12.0 Å². The van der Waals surface area contributed by atoms with Gasteiger partial charge in [0.05, 0.1) is 17.1 Å². The molecular formula is C19H20N4O3. The smallest absolute Gasteiger partial charge is 0.314 e. The fourth-order valence-electron chi connectivity index (χ4n) is 2.83. The molecule has 134 valence electrons. The number of nitrogens with zero attached hydrogens (tertiary/aromatic N) is 1. The molecule has 1 aromatic carbocycles. The summed E-state index contributed by atoms with van der Waals surface area (Å²) >= 11 is 0. The van der Waals surface area contributed by atoms with Crippen LogP contribution in [0.1, 0.15) is 42.2 Å². The summed E-state index contributed by atoms with van der Waals surface area (Å²) in [6.45, 7) is 4.18. The van der Waals surface area contributed by atoms with Crippen LogP contribution in [0.15, 0.2) is 52.3 Å². The van der Waals surface area contributed by atoms with Crippen LogP contribution in [0.4, 0.5) is 0 Å². The molecule has 7 heteroatoms.